The van der Waals surface area contributed by atoms with E-state index in [1.54, 1.807) is 19.1 Å². The first-order valence-electron chi connectivity index (χ1n) is 7.76. The maximum atomic E-state index is 12.1. The molecule has 1 unspecified atom stereocenters. The number of furan rings is 1. The first-order chi connectivity index (χ1) is 12.1. The highest BCUT2D eigenvalue weighted by molar-refractivity contribution is 5.95. The van der Waals surface area contributed by atoms with Crippen molar-refractivity contribution in [3.63, 3.8) is 0 Å². The van der Waals surface area contributed by atoms with Crippen molar-refractivity contribution in [2.24, 2.45) is 0 Å². The number of rotatable bonds is 6. The molecule has 0 aliphatic rings. The molecule has 0 radical (unpaired) electrons. The van der Waals surface area contributed by atoms with Gasteiger partial charge in [0.25, 0.3) is 5.91 Å². The Labute approximate surface area is 144 Å². The lowest BCUT2D eigenvalue weighted by Crippen LogP contribution is -2.38. The number of nitrogens with zero attached hydrogens (tertiary/aromatic N) is 1. The molecule has 0 bridgehead atoms. The van der Waals surface area contributed by atoms with Gasteiger partial charge in [-0.15, -0.1) is 0 Å². The highest BCUT2D eigenvalue weighted by atomic mass is 16.5. The van der Waals surface area contributed by atoms with Gasteiger partial charge in [-0.05, 0) is 19.1 Å². The summed E-state index contributed by atoms with van der Waals surface area (Å²) in [5.74, 6) is 0.320. The average Bonchev–Trinajstić information content (AvgIpc) is 3.32. The lowest BCUT2D eigenvalue weighted by molar-refractivity contribution is -0.120. The minimum Gasteiger partial charge on any atom is -0.467 e. The van der Waals surface area contributed by atoms with E-state index in [4.69, 9.17) is 8.94 Å². The van der Waals surface area contributed by atoms with E-state index in [9.17, 15) is 9.59 Å². The second-order valence-corrected chi connectivity index (χ2v) is 5.43. The van der Waals surface area contributed by atoms with E-state index in [0.29, 0.717) is 11.5 Å². The molecule has 1 atom stereocenters. The van der Waals surface area contributed by atoms with Crippen LogP contribution in [0.4, 0.5) is 0 Å². The second kappa shape index (κ2) is 7.48. The van der Waals surface area contributed by atoms with E-state index in [2.05, 4.69) is 15.8 Å². The largest absolute Gasteiger partial charge is 0.467 e. The summed E-state index contributed by atoms with van der Waals surface area (Å²) in [5.41, 5.74) is 0.935. The maximum Gasteiger partial charge on any atom is 0.273 e. The van der Waals surface area contributed by atoms with Crippen LogP contribution in [0.2, 0.25) is 0 Å². The Hall–Kier alpha value is -3.35. The van der Waals surface area contributed by atoms with Crippen molar-refractivity contribution in [3.05, 3.63) is 66.2 Å². The molecule has 7 heteroatoms. The van der Waals surface area contributed by atoms with E-state index < -0.39 is 5.91 Å². The Morgan fingerprint density at radius 2 is 1.96 bits per heavy atom. The molecule has 25 heavy (non-hydrogen) atoms. The summed E-state index contributed by atoms with van der Waals surface area (Å²) in [6.07, 6.45) is 1.54. The minimum atomic E-state index is -0.480. The zero-order chi connectivity index (χ0) is 17.6. The summed E-state index contributed by atoms with van der Waals surface area (Å²) in [7, 11) is 0. The van der Waals surface area contributed by atoms with Gasteiger partial charge in [0.15, 0.2) is 11.5 Å². The van der Waals surface area contributed by atoms with Crippen molar-refractivity contribution in [1.82, 2.24) is 15.8 Å². The number of benzene rings is 1. The summed E-state index contributed by atoms with van der Waals surface area (Å²) < 4.78 is 10.4. The zero-order valence-electron chi connectivity index (χ0n) is 13.6. The first kappa shape index (κ1) is 16.5. The zero-order valence-corrected chi connectivity index (χ0v) is 13.6. The molecule has 128 valence electrons. The van der Waals surface area contributed by atoms with Crippen LogP contribution < -0.4 is 10.6 Å². The van der Waals surface area contributed by atoms with Crippen LogP contribution in [-0.4, -0.2) is 23.5 Å². The van der Waals surface area contributed by atoms with Gasteiger partial charge in [-0.3, -0.25) is 9.59 Å². The molecule has 2 amide bonds. The molecule has 0 saturated carbocycles. The molecule has 1 aromatic carbocycles. The lowest BCUT2D eigenvalue weighted by Gasteiger charge is -2.11. The smallest absolute Gasteiger partial charge is 0.273 e. The Bertz CT molecular complexity index is 840. The molecular weight excluding hydrogens is 322 g/mol. The van der Waals surface area contributed by atoms with E-state index in [-0.39, 0.29) is 24.2 Å². The van der Waals surface area contributed by atoms with Gasteiger partial charge in [0.05, 0.1) is 18.8 Å². The van der Waals surface area contributed by atoms with Crippen molar-refractivity contribution < 1.29 is 18.5 Å². The number of carbonyl (C=O) groups is 2. The molecule has 7 nitrogen and oxygen atoms in total. The quantitative estimate of drug-likeness (QED) is 0.719. The van der Waals surface area contributed by atoms with Crippen molar-refractivity contribution >= 4 is 11.8 Å². The minimum absolute atomic E-state index is 0.116. The molecule has 0 aliphatic carbocycles. The van der Waals surface area contributed by atoms with Gasteiger partial charge < -0.3 is 19.6 Å². The summed E-state index contributed by atoms with van der Waals surface area (Å²) in [6, 6.07) is 14.1. The summed E-state index contributed by atoms with van der Waals surface area (Å²) in [6.45, 7) is 1.62. The molecule has 3 aromatic rings. The van der Waals surface area contributed by atoms with Gasteiger partial charge in [-0.25, -0.2) is 0 Å². The van der Waals surface area contributed by atoms with Crippen LogP contribution in [0, 0.1) is 0 Å². The topological polar surface area (TPSA) is 97.4 Å². The van der Waals surface area contributed by atoms with Gasteiger partial charge >= 0.3 is 0 Å². The van der Waals surface area contributed by atoms with E-state index in [1.165, 1.54) is 12.3 Å². The van der Waals surface area contributed by atoms with Crippen LogP contribution in [0.1, 0.15) is 29.2 Å². The van der Waals surface area contributed by atoms with Gasteiger partial charge in [0, 0.05) is 11.6 Å². The van der Waals surface area contributed by atoms with Crippen molar-refractivity contribution in [2.75, 3.05) is 6.54 Å². The van der Waals surface area contributed by atoms with Crippen molar-refractivity contribution in [1.29, 1.82) is 0 Å². The van der Waals surface area contributed by atoms with E-state index in [1.807, 2.05) is 30.3 Å². The Kier molecular flexibility index (Phi) is 4.94. The molecule has 3 rings (SSSR count). The fourth-order valence-electron chi connectivity index (χ4n) is 2.27. The van der Waals surface area contributed by atoms with E-state index >= 15 is 0 Å². The normalized spacial score (nSPS) is 11.7. The first-order valence-corrected chi connectivity index (χ1v) is 7.76. The van der Waals surface area contributed by atoms with Gasteiger partial charge in [0.1, 0.15) is 5.76 Å². The third kappa shape index (κ3) is 4.14. The SMILES string of the molecule is CC(NC(=O)CNC(=O)c1cc(-c2ccccc2)on1)c1ccco1. The molecule has 0 aliphatic heterocycles. The fourth-order valence-corrected chi connectivity index (χ4v) is 2.27. The maximum absolute atomic E-state index is 12.1. The van der Waals surface area contributed by atoms with Crippen LogP contribution in [-0.2, 0) is 4.79 Å². The molecule has 0 saturated heterocycles. The Balaban J connectivity index is 1.52. The number of amides is 2. The number of nitrogens with one attached hydrogen (secondary N) is 2. The van der Waals surface area contributed by atoms with Crippen LogP contribution in [0.3, 0.4) is 0 Å². The number of hydrogen-bond acceptors (Lipinski definition) is 5. The van der Waals surface area contributed by atoms with Crippen LogP contribution in [0.25, 0.3) is 11.3 Å². The summed E-state index contributed by atoms with van der Waals surface area (Å²) in [5, 5.41) is 8.98. The number of aromatic nitrogens is 1. The van der Waals surface area contributed by atoms with Crippen LogP contribution in [0.5, 0.6) is 0 Å². The summed E-state index contributed by atoms with van der Waals surface area (Å²) in [4.78, 5) is 24.0. The monoisotopic (exact) mass is 339 g/mol. The molecule has 2 heterocycles. The third-order valence-electron chi connectivity index (χ3n) is 3.56. The highest BCUT2D eigenvalue weighted by Crippen LogP contribution is 2.19. The van der Waals surface area contributed by atoms with Gasteiger partial charge in [0.2, 0.25) is 5.91 Å². The number of carbonyl (C=O) groups excluding carboxylic acids is 2. The van der Waals surface area contributed by atoms with Crippen LogP contribution in [0.15, 0.2) is 63.7 Å². The molecule has 0 spiro atoms. The summed E-state index contributed by atoms with van der Waals surface area (Å²) >= 11 is 0. The number of hydrogen-bond donors (Lipinski definition) is 2. The third-order valence-corrected chi connectivity index (χ3v) is 3.56. The van der Waals surface area contributed by atoms with Crippen LogP contribution >= 0.6 is 0 Å². The second-order valence-electron chi connectivity index (χ2n) is 5.43. The molecular formula is C18H17N3O4. The fraction of sp³-hybridized carbons (Fsp3) is 0.167. The average molecular weight is 339 g/mol. The van der Waals surface area contributed by atoms with E-state index in [0.717, 1.165) is 5.56 Å². The predicted molar refractivity (Wildman–Crippen MR) is 89.5 cm³/mol. The Morgan fingerprint density at radius 3 is 2.68 bits per heavy atom. The van der Waals surface area contributed by atoms with Gasteiger partial charge in [-0.2, -0.15) is 0 Å². The molecule has 0 fully saturated rings. The highest BCUT2D eigenvalue weighted by Gasteiger charge is 2.16. The van der Waals surface area contributed by atoms with Crippen molar-refractivity contribution in [3.8, 4) is 11.3 Å². The van der Waals surface area contributed by atoms with Gasteiger partial charge in [-0.1, -0.05) is 35.5 Å². The molecule has 2 N–H and O–H groups in total. The molecule has 2 aromatic heterocycles. The van der Waals surface area contributed by atoms with Crippen molar-refractivity contribution in [2.45, 2.75) is 13.0 Å². The lowest BCUT2D eigenvalue weighted by atomic mass is 10.1. The standard InChI is InChI=1S/C18H17N3O4/c1-12(15-8-5-9-24-15)20-17(22)11-19-18(23)14-10-16(25-21-14)13-6-3-2-4-7-13/h2-10,12H,11H2,1H3,(H,19,23)(H,20,22). The predicted octanol–water partition coefficient (Wildman–Crippen LogP) is 2.54. The Morgan fingerprint density at radius 1 is 1.16 bits per heavy atom.